The summed E-state index contributed by atoms with van der Waals surface area (Å²) < 4.78 is 51.5. The molecule has 0 spiro atoms. The zero-order valence-corrected chi connectivity index (χ0v) is 19.4. The summed E-state index contributed by atoms with van der Waals surface area (Å²) in [6.45, 7) is 7.45. The highest BCUT2D eigenvalue weighted by molar-refractivity contribution is 5.92. The molecule has 0 unspecified atom stereocenters. The summed E-state index contributed by atoms with van der Waals surface area (Å²) in [7, 11) is 0. The van der Waals surface area contributed by atoms with Gasteiger partial charge in [-0.25, -0.2) is 4.68 Å². The van der Waals surface area contributed by atoms with Crippen molar-refractivity contribution in [2.24, 2.45) is 0 Å². The Morgan fingerprint density at radius 3 is 2.53 bits per heavy atom. The molecule has 2 aromatic carbocycles. The number of hydrogen-bond donors (Lipinski definition) is 1. The van der Waals surface area contributed by atoms with Crippen LogP contribution in [0.4, 0.5) is 18.9 Å². The van der Waals surface area contributed by atoms with Crippen molar-refractivity contribution in [3.63, 3.8) is 0 Å². The first-order valence-electron chi connectivity index (χ1n) is 11.0. The molecule has 34 heavy (non-hydrogen) atoms. The molecule has 9 heteroatoms. The van der Waals surface area contributed by atoms with Gasteiger partial charge < -0.3 is 14.8 Å². The van der Waals surface area contributed by atoms with Gasteiger partial charge in [-0.1, -0.05) is 18.2 Å². The molecule has 3 rings (SSSR count). The summed E-state index contributed by atoms with van der Waals surface area (Å²) in [5, 5.41) is 7.24. The fourth-order valence-corrected chi connectivity index (χ4v) is 3.55. The Morgan fingerprint density at radius 1 is 1.06 bits per heavy atom. The number of carbonyl (C=O) groups is 1. The van der Waals surface area contributed by atoms with Crippen molar-refractivity contribution in [3.05, 3.63) is 76.6 Å². The van der Waals surface area contributed by atoms with Crippen molar-refractivity contribution < 1.29 is 27.4 Å². The third-order valence-corrected chi connectivity index (χ3v) is 5.25. The molecular formula is C25H28F3N3O3. The zero-order valence-electron chi connectivity index (χ0n) is 19.4. The summed E-state index contributed by atoms with van der Waals surface area (Å²) in [4.78, 5) is 12.7. The molecule has 0 saturated heterocycles. The molecule has 0 aliphatic rings. The van der Waals surface area contributed by atoms with Crippen molar-refractivity contribution in [1.82, 2.24) is 9.78 Å². The lowest BCUT2D eigenvalue weighted by molar-refractivity contribution is -0.137. The Morgan fingerprint density at radius 2 is 1.79 bits per heavy atom. The molecule has 6 nitrogen and oxygen atoms in total. The summed E-state index contributed by atoms with van der Waals surface area (Å²) in [5.74, 6) is -0.246. The van der Waals surface area contributed by atoms with E-state index >= 15 is 0 Å². The van der Waals surface area contributed by atoms with Crippen molar-refractivity contribution in [2.45, 2.75) is 40.0 Å². The lowest BCUT2D eigenvalue weighted by Crippen LogP contribution is -2.15. The molecule has 182 valence electrons. The van der Waals surface area contributed by atoms with Gasteiger partial charge in [0, 0.05) is 23.6 Å². The normalized spacial score (nSPS) is 11.6. The maximum atomic E-state index is 13.1. The van der Waals surface area contributed by atoms with Gasteiger partial charge in [0.15, 0.2) is 0 Å². The van der Waals surface area contributed by atoms with E-state index in [1.165, 1.54) is 10.7 Å². The van der Waals surface area contributed by atoms with E-state index in [0.717, 1.165) is 17.7 Å². The molecule has 1 aromatic heterocycles. The van der Waals surface area contributed by atoms with E-state index in [1.807, 2.05) is 25.1 Å². The number of carbonyl (C=O) groups excluding carboxylic acids is 1. The molecule has 0 aliphatic heterocycles. The van der Waals surface area contributed by atoms with Crippen molar-refractivity contribution >= 4 is 11.6 Å². The number of anilines is 1. The van der Waals surface area contributed by atoms with E-state index in [4.69, 9.17) is 9.47 Å². The highest BCUT2D eigenvalue weighted by atomic mass is 19.4. The second kappa shape index (κ2) is 11.3. The van der Waals surface area contributed by atoms with Crippen LogP contribution in [-0.4, -0.2) is 35.5 Å². The number of aryl methyl sites for hydroxylation is 1. The van der Waals surface area contributed by atoms with E-state index in [-0.39, 0.29) is 12.3 Å². The van der Waals surface area contributed by atoms with E-state index in [2.05, 4.69) is 10.4 Å². The van der Waals surface area contributed by atoms with Crippen LogP contribution < -0.4 is 5.32 Å². The average Bonchev–Trinajstić information content (AvgIpc) is 3.07. The van der Waals surface area contributed by atoms with Gasteiger partial charge in [0.2, 0.25) is 5.91 Å². The summed E-state index contributed by atoms with van der Waals surface area (Å²) in [6, 6.07) is 12.3. The highest BCUT2D eigenvalue weighted by Crippen LogP contribution is 2.31. The maximum absolute atomic E-state index is 13.1. The smallest absolute Gasteiger partial charge is 0.379 e. The number of ether oxygens (including phenoxy) is 2. The topological polar surface area (TPSA) is 65.4 Å². The molecule has 0 saturated carbocycles. The van der Waals surface area contributed by atoms with Crippen LogP contribution >= 0.6 is 0 Å². The Hall–Kier alpha value is -3.17. The van der Waals surface area contributed by atoms with E-state index in [1.54, 1.807) is 26.0 Å². The predicted molar refractivity (Wildman–Crippen MR) is 123 cm³/mol. The zero-order chi connectivity index (χ0) is 24.7. The number of aromatic nitrogens is 2. The summed E-state index contributed by atoms with van der Waals surface area (Å²) in [6.07, 6.45) is -4.40. The van der Waals surface area contributed by atoms with Gasteiger partial charge in [-0.05, 0) is 56.7 Å². The summed E-state index contributed by atoms with van der Waals surface area (Å²) >= 11 is 0. The minimum absolute atomic E-state index is 0.0473. The first kappa shape index (κ1) is 25.5. The van der Waals surface area contributed by atoms with E-state index in [0.29, 0.717) is 54.8 Å². The van der Waals surface area contributed by atoms with Crippen LogP contribution in [-0.2, 0) is 33.5 Å². The molecule has 1 N–H and O–H groups in total. The molecule has 1 heterocycles. The number of nitrogens with zero attached hydrogens (tertiary/aromatic N) is 2. The molecule has 0 bridgehead atoms. The van der Waals surface area contributed by atoms with Gasteiger partial charge in [-0.2, -0.15) is 18.3 Å². The molecule has 1 amide bonds. The minimum Gasteiger partial charge on any atom is -0.379 e. The van der Waals surface area contributed by atoms with E-state index < -0.39 is 11.7 Å². The van der Waals surface area contributed by atoms with Crippen molar-refractivity contribution in [3.8, 4) is 5.69 Å². The van der Waals surface area contributed by atoms with Gasteiger partial charge in [0.25, 0.3) is 0 Å². The van der Waals surface area contributed by atoms with Crippen LogP contribution in [0.5, 0.6) is 0 Å². The van der Waals surface area contributed by atoms with Gasteiger partial charge in [0.05, 0.1) is 43.2 Å². The highest BCUT2D eigenvalue weighted by Gasteiger charge is 2.30. The molecule has 0 radical (unpaired) electrons. The fraction of sp³-hybridized carbons (Fsp3) is 0.360. The van der Waals surface area contributed by atoms with Crippen LogP contribution in [0, 0.1) is 13.8 Å². The molecule has 0 atom stereocenters. The number of amides is 1. The molecular weight excluding hydrogens is 447 g/mol. The number of nitrogens with one attached hydrogen (secondary N) is 1. The van der Waals surface area contributed by atoms with Crippen molar-refractivity contribution in [1.29, 1.82) is 0 Å². The number of alkyl halides is 3. The lowest BCUT2D eigenvalue weighted by Gasteiger charge is -2.10. The van der Waals surface area contributed by atoms with Gasteiger partial charge in [0.1, 0.15) is 0 Å². The third-order valence-electron chi connectivity index (χ3n) is 5.25. The monoisotopic (exact) mass is 475 g/mol. The largest absolute Gasteiger partial charge is 0.416 e. The minimum atomic E-state index is -4.45. The van der Waals surface area contributed by atoms with Crippen LogP contribution in [0.15, 0.2) is 48.5 Å². The van der Waals surface area contributed by atoms with Crippen LogP contribution in [0.2, 0.25) is 0 Å². The Bertz CT molecular complexity index is 1130. The second-order valence-corrected chi connectivity index (χ2v) is 7.78. The first-order valence-corrected chi connectivity index (χ1v) is 11.0. The van der Waals surface area contributed by atoms with Crippen LogP contribution in [0.3, 0.4) is 0 Å². The predicted octanol–water partition coefficient (Wildman–Crippen LogP) is 5.24. The standard InChI is InChI=1S/C25H28F3N3O3/c1-4-33-11-12-34-16-19-7-5-9-21(13-19)29-24(32)15-23-17(2)30-31(18(23)3)22-10-6-8-20(14-22)25(26,27)28/h5-10,13-14H,4,11-12,15-16H2,1-3H3,(H,29,32). The SMILES string of the molecule is CCOCCOCc1cccc(NC(=O)Cc2c(C)nn(-c3cccc(C(F)(F)F)c3)c2C)c1. The first-order chi connectivity index (χ1) is 16.2. The Labute approximate surface area is 196 Å². The second-order valence-electron chi connectivity index (χ2n) is 7.78. The molecule has 0 aliphatic carbocycles. The molecule has 3 aromatic rings. The Kier molecular flexibility index (Phi) is 8.46. The Balaban J connectivity index is 1.67. The summed E-state index contributed by atoms with van der Waals surface area (Å²) in [5.41, 5.74) is 2.96. The van der Waals surface area contributed by atoms with Gasteiger partial charge in [-0.15, -0.1) is 0 Å². The van der Waals surface area contributed by atoms with Gasteiger partial charge in [-0.3, -0.25) is 4.79 Å². The van der Waals surface area contributed by atoms with Crippen LogP contribution in [0.1, 0.15) is 35.0 Å². The number of rotatable bonds is 10. The van der Waals surface area contributed by atoms with Gasteiger partial charge >= 0.3 is 6.18 Å². The van der Waals surface area contributed by atoms with Crippen molar-refractivity contribution in [2.75, 3.05) is 25.1 Å². The lowest BCUT2D eigenvalue weighted by atomic mass is 10.1. The number of halogens is 3. The van der Waals surface area contributed by atoms with E-state index in [9.17, 15) is 18.0 Å². The number of hydrogen-bond acceptors (Lipinski definition) is 4. The number of benzene rings is 2. The maximum Gasteiger partial charge on any atom is 0.416 e. The fourth-order valence-electron chi connectivity index (χ4n) is 3.55. The third kappa shape index (κ3) is 6.68. The van der Waals surface area contributed by atoms with Crippen LogP contribution in [0.25, 0.3) is 5.69 Å². The quantitative estimate of drug-likeness (QED) is 0.407. The molecule has 0 fully saturated rings. The average molecular weight is 476 g/mol.